The van der Waals surface area contributed by atoms with Crippen molar-refractivity contribution < 1.29 is 28.6 Å². The van der Waals surface area contributed by atoms with E-state index >= 15 is 0 Å². The van der Waals surface area contributed by atoms with Crippen LogP contribution < -0.4 is 0 Å². The SMILES string of the molecule is CC/C=C\C/C=C\C/C=C\C/C=C\C/C=C\CCCC(=O)OC[C@@H](COC(=O)CCCCCCCCCCCCCC)OC(=O)CCCCCCC/C=C\C/C=C\CCCC. The van der Waals surface area contributed by atoms with Crippen molar-refractivity contribution in [3.05, 3.63) is 85.1 Å². The van der Waals surface area contributed by atoms with E-state index in [-0.39, 0.29) is 37.5 Å². The molecule has 0 N–H and O–H groups in total. The second-order valence-corrected chi connectivity index (χ2v) is 16.3. The summed E-state index contributed by atoms with van der Waals surface area (Å²) in [6.07, 6.45) is 62.8. The van der Waals surface area contributed by atoms with E-state index in [1.165, 1.54) is 77.0 Å². The predicted octanol–water partition coefficient (Wildman–Crippen LogP) is 16.4. The van der Waals surface area contributed by atoms with Crippen LogP contribution in [0.1, 0.15) is 226 Å². The fourth-order valence-electron chi connectivity index (χ4n) is 6.61. The fraction of sp³-hybridized carbons (Fsp3) is 0.691. The monoisotopic (exact) mass is 849 g/mol. The van der Waals surface area contributed by atoms with Crippen LogP contribution in [0, 0.1) is 0 Å². The van der Waals surface area contributed by atoms with Crippen LogP contribution in [-0.2, 0) is 28.6 Å². The van der Waals surface area contributed by atoms with Crippen molar-refractivity contribution in [3.63, 3.8) is 0 Å². The summed E-state index contributed by atoms with van der Waals surface area (Å²) >= 11 is 0. The van der Waals surface area contributed by atoms with E-state index in [9.17, 15) is 14.4 Å². The average Bonchev–Trinajstić information content (AvgIpc) is 3.26. The molecule has 0 saturated heterocycles. The summed E-state index contributed by atoms with van der Waals surface area (Å²) in [7, 11) is 0. The summed E-state index contributed by atoms with van der Waals surface area (Å²) in [5.41, 5.74) is 0. The van der Waals surface area contributed by atoms with E-state index in [0.29, 0.717) is 19.3 Å². The second kappa shape index (κ2) is 49.2. The van der Waals surface area contributed by atoms with Gasteiger partial charge in [-0.3, -0.25) is 14.4 Å². The van der Waals surface area contributed by atoms with Crippen LogP contribution in [0.5, 0.6) is 0 Å². The first-order valence-corrected chi connectivity index (χ1v) is 25.1. The summed E-state index contributed by atoms with van der Waals surface area (Å²) in [5, 5.41) is 0. The molecule has 0 saturated carbocycles. The first-order valence-electron chi connectivity index (χ1n) is 25.1. The number of allylic oxidation sites excluding steroid dienone is 14. The largest absolute Gasteiger partial charge is 0.462 e. The molecule has 6 nitrogen and oxygen atoms in total. The molecule has 0 bridgehead atoms. The Balaban J connectivity index is 4.50. The zero-order valence-electron chi connectivity index (χ0n) is 39.7. The van der Waals surface area contributed by atoms with Crippen LogP contribution in [0.3, 0.4) is 0 Å². The van der Waals surface area contributed by atoms with Crippen LogP contribution in [0.15, 0.2) is 85.1 Å². The highest BCUT2D eigenvalue weighted by Gasteiger charge is 2.19. The first kappa shape index (κ1) is 57.6. The van der Waals surface area contributed by atoms with Gasteiger partial charge in [-0.15, -0.1) is 0 Å². The van der Waals surface area contributed by atoms with Gasteiger partial charge in [-0.1, -0.05) is 209 Å². The van der Waals surface area contributed by atoms with Crippen molar-refractivity contribution in [3.8, 4) is 0 Å². The molecule has 0 rings (SSSR count). The molecule has 0 aliphatic carbocycles. The number of carbonyl (C=O) groups excluding carboxylic acids is 3. The van der Waals surface area contributed by atoms with Gasteiger partial charge in [-0.05, 0) is 83.5 Å². The maximum atomic E-state index is 12.8. The molecule has 0 aliphatic heterocycles. The maximum Gasteiger partial charge on any atom is 0.306 e. The molecule has 6 heteroatoms. The van der Waals surface area contributed by atoms with Gasteiger partial charge in [0.05, 0.1) is 0 Å². The van der Waals surface area contributed by atoms with Crippen molar-refractivity contribution in [2.45, 2.75) is 232 Å². The van der Waals surface area contributed by atoms with Gasteiger partial charge in [-0.25, -0.2) is 0 Å². The molecule has 0 aromatic carbocycles. The second-order valence-electron chi connectivity index (χ2n) is 16.3. The van der Waals surface area contributed by atoms with Gasteiger partial charge in [0, 0.05) is 19.3 Å². The quantitative estimate of drug-likeness (QED) is 0.0263. The van der Waals surface area contributed by atoms with Crippen molar-refractivity contribution in [1.82, 2.24) is 0 Å². The van der Waals surface area contributed by atoms with Crippen molar-refractivity contribution >= 4 is 17.9 Å². The Kier molecular flexibility index (Phi) is 46.5. The van der Waals surface area contributed by atoms with E-state index in [1.807, 2.05) is 0 Å². The molecule has 0 aromatic heterocycles. The molecule has 0 aliphatic rings. The minimum absolute atomic E-state index is 0.0990. The summed E-state index contributed by atoms with van der Waals surface area (Å²) in [6.45, 7) is 6.41. The Bertz CT molecular complexity index is 1200. The topological polar surface area (TPSA) is 78.9 Å². The Morgan fingerprint density at radius 1 is 0.344 bits per heavy atom. The molecular weight excluding hydrogens is 757 g/mol. The van der Waals surface area contributed by atoms with E-state index in [1.54, 1.807) is 0 Å². The Hall–Kier alpha value is -3.41. The van der Waals surface area contributed by atoms with Crippen LogP contribution in [-0.4, -0.2) is 37.2 Å². The maximum absolute atomic E-state index is 12.8. The third kappa shape index (κ3) is 47.5. The van der Waals surface area contributed by atoms with Gasteiger partial charge in [0.1, 0.15) is 13.2 Å². The van der Waals surface area contributed by atoms with Gasteiger partial charge in [-0.2, -0.15) is 0 Å². The minimum Gasteiger partial charge on any atom is -0.462 e. The van der Waals surface area contributed by atoms with Crippen LogP contribution in [0.4, 0.5) is 0 Å². The Morgan fingerprint density at radius 2 is 0.672 bits per heavy atom. The van der Waals surface area contributed by atoms with Gasteiger partial charge in [0.2, 0.25) is 0 Å². The number of esters is 3. The van der Waals surface area contributed by atoms with Gasteiger partial charge in [0.25, 0.3) is 0 Å². The summed E-state index contributed by atoms with van der Waals surface area (Å²) in [5.74, 6) is -0.976. The molecule has 1 atom stereocenters. The molecule has 61 heavy (non-hydrogen) atoms. The lowest BCUT2D eigenvalue weighted by Crippen LogP contribution is -2.30. The average molecular weight is 849 g/mol. The van der Waals surface area contributed by atoms with Gasteiger partial charge >= 0.3 is 17.9 Å². The van der Waals surface area contributed by atoms with E-state index in [2.05, 4.69) is 106 Å². The third-order valence-corrected chi connectivity index (χ3v) is 10.4. The van der Waals surface area contributed by atoms with E-state index in [4.69, 9.17) is 14.2 Å². The molecular formula is C55H92O6. The van der Waals surface area contributed by atoms with Crippen molar-refractivity contribution in [2.24, 2.45) is 0 Å². The van der Waals surface area contributed by atoms with E-state index < -0.39 is 6.10 Å². The molecule has 0 fully saturated rings. The lowest BCUT2D eigenvalue weighted by atomic mass is 10.0. The first-order chi connectivity index (χ1) is 30.0. The molecule has 0 unspecified atom stereocenters. The van der Waals surface area contributed by atoms with E-state index in [0.717, 1.165) is 103 Å². The smallest absolute Gasteiger partial charge is 0.306 e. The summed E-state index contributed by atoms with van der Waals surface area (Å²) in [4.78, 5) is 37.9. The highest BCUT2D eigenvalue weighted by molar-refractivity contribution is 5.71. The molecule has 0 radical (unpaired) electrons. The lowest BCUT2D eigenvalue weighted by Gasteiger charge is -2.18. The number of hydrogen-bond donors (Lipinski definition) is 0. The Morgan fingerprint density at radius 3 is 1.11 bits per heavy atom. The normalized spacial score (nSPS) is 12.8. The highest BCUT2D eigenvalue weighted by Crippen LogP contribution is 2.14. The summed E-state index contributed by atoms with van der Waals surface area (Å²) < 4.78 is 16.7. The van der Waals surface area contributed by atoms with Crippen molar-refractivity contribution in [2.75, 3.05) is 13.2 Å². The molecule has 348 valence electrons. The van der Waals surface area contributed by atoms with Crippen LogP contribution in [0.25, 0.3) is 0 Å². The van der Waals surface area contributed by atoms with Gasteiger partial charge < -0.3 is 14.2 Å². The Labute approximate surface area is 375 Å². The number of unbranched alkanes of at least 4 members (excludes halogenated alkanes) is 19. The molecule has 0 aromatic rings. The number of rotatable bonds is 44. The number of carbonyl (C=O) groups is 3. The predicted molar refractivity (Wildman–Crippen MR) is 261 cm³/mol. The van der Waals surface area contributed by atoms with Crippen molar-refractivity contribution in [1.29, 1.82) is 0 Å². The standard InChI is InChI=1S/C55H92O6/c1-4-7-10-13-16-19-22-25-27-28-29-31-33-36-39-42-45-48-54(57)60-51-52(50-59-53(56)47-44-41-38-35-32-24-21-18-15-12-9-6-3)61-55(58)49-46-43-40-37-34-30-26-23-20-17-14-11-8-5-2/h7,10,14,16-17,19,23,25-27,29,31,36,39,52H,4-6,8-9,11-13,15,18,20-22,24,28,30,32-35,37-38,40-51H2,1-3H3/b10-7-,17-14-,19-16-,26-23-,27-25-,31-29-,39-36-/t52-/m1/s1. The van der Waals surface area contributed by atoms with Crippen LogP contribution >= 0.6 is 0 Å². The molecule has 0 spiro atoms. The minimum atomic E-state index is -0.804. The summed E-state index contributed by atoms with van der Waals surface area (Å²) in [6, 6.07) is 0. The fourth-order valence-corrected chi connectivity index (χ4v) is 6.61. The zero-order valence-corrected chi connectivity index (χ0v) is 39.7. The number of hydrogen-bond acceptors (Lipinski definition) is 6. The molecule has 0 amide bonds. The highest BCUT2D eigenvalue weighted by atomic mass is 16.6. The van der Waals surface area contributed by atoms with Crippen LogP contribution in [0.2, 0.25) is 0 Å². The number of ether oxygens (including phenoxy) is 3. The zero-order chi connectivity index (χ0) is 44.4. The lowest BCUT2D eigenvalue weighted by molar-refractivity contribution is -0.167. The van der Waals surface area contributed by atoms with Gasteiger partial charge in [0.15, 0.2) is 6.10 Å². The third-order valence-electron chi connectivity index (χ3n) is 10.4. The molecule has 0 heterocycles.